The topological polar surface area (TPSA) is 293 Å². The number of carbonyl (C=O) groups excluding carboxylic acids is 3. The number of nitrogens with two attached hydrogens (primary N) is 3. The highest BCUT2D eigenvalue weighted by atomic mass is 16.4. The number of aliphatic hydroxyl groups excluding tert-OH is 1. The van der Waals surface area contributed by atoms with Crippen molar-refractivity contribution in [2.24, 2.45) is 22.2 Å². The van der Waals surface area contributed by atoms with Gasteiger partial charge in [0, 0.05) is 6.54 Å². The van der Waals surface area contributed by atoms with E-state index in [1.54, 1.807) is 12.1 Å². The number of rotatable bonds is 16. The number of amides is 3. The highest BCUT2D eigenvalue weighted by Gasteiger charge is 2.30. The number of aliphatic carboxylic acids is 2. The van der Waals surface area contributed by atoms with Crippen LogP contribution in [-0.2, 0) is 30.4 Å². The lowest BCUT2D eigenvalue weighted by Crippen LogP contribution is -2.58. The molecule has 38 heavy (non-hydrogen) atoms. The minimum Gasteiger partial charge on any atom is -0.508 e. The first-order valence-electron chi connectivity index (χ1n) is 11.4. The second-order valence-corrected chi connectivity index (χ2v) is 8.23. The molecule has 16 nitrogen and oxygen atoms in total. The summed E-state index contributed by atoms with van der Waals surface area (Å²) in [5, 5.41) is 43.5. The normalized spacial score (nSPS) is 13.7. The Bertz CT molecular complexity index is 1010. The molecule has 0 radical (unpaired) electrons. The summed E-state index contributed by atoms with van der Waals surface area (Å²) in [5.74, 6) is -6.03. The van der Waals surface area contributed by atoms with Crippen LogP contribution in [0, 0.1) is 0 Å². The minimum absolute atomic E-state index is 0.00316. The van der Waals surface area contributed by atoms with Gasteiger partial charge in [0.05, 0.1) is 19.1 Å². The van der Waals surface area contributed by atoms with E-state index in [4.69, 9.17) is 27.4 Å². The van der Waals surface area contributed by atoms with E-state index in [-0.39, 0.29) is 37.5 Å². The van der Waals surface area contributed by atoms with E-state index < -0.39 is 66.9 Å². The molecule has 0 aliphatic carbocycles. The van der Waals surface area contributed by atoms with Gasteiger partial charge in [-0.05, 0) is 37.0 Å². The molecule has 0 saturated carbocycles. The number of carboxylic acid groups (broad SMARTS) is 2. The average Bonchev–Trinajstić information content (AvgIpc) is 2.84. The highest BCUT2D eigenvalue weighted by Crippen LogP contribution is 2.11. The lowest BCUT2D eigenvalue weighted by molar-refractivity contribution is -0.147. The first-order valence-corrected chi connectivity index (χ1v) is 11.4. The van der Waals surface area contributed by atoms with Gasteiger partial charge >= 0.3 is 11.9 Å². The number of hydrogen-bond acceptors (Lipinski definition) is 9. The number of aliphatic imine (C=N–C) groups is 1. The van der Waals surface area contributed by atoms with Crippen LogP contribution in [0.25, 0.3) is 0 Å². The molecule has 0 bridgehead atoms. The maximum Gasteiger partial charge on any atom is 0.326 e. The fraction of sp³-hybridized carbons (Fsp3) is 0.455. The summed E-state index contributed by atoms with van der Waals surface area (Å²) in [4.78, 5) is 63.9. The zero-order valence-electron chi connectivity index (χ0n) is 20.4. The summed E-state index contributed by atoms with van der Waals surface area (Å²) in [6.45, 7) is -0.840. The van der Waals surface area contributed by atoms with E-state index in [9.17, 15) is 34.2 Å². The Kier molecular flexibility index (Phi) is 13.0. The standard InChI is InChI=1S/C22H33N7O9/c23-13(8-11-3-5-12(31)6-4-11)18(34)27-14(2-1-7-26-22(24)25)19(35)29-16(10-30)20(36)28-15(21(37)38)9-17(32)33/h3-6,13-16,30-31H,1-2,7-10,23H2,(H,27,34)(H,28,36)(H,29,35)(H,32,33)(H,37,38)(H4,24,25,26). The molecule has 16 heteroatoms. The molecular formula is C22H33N7O9. The van der Waals surface area contributed by atoms with E-state index in [0.29, 0.717) is 5.56 Å². The minimum atomic E-state index is -1.81. The molecule has 3 amide bonds. The van der Waals surface area contributed by atoms with Gasteiger partial charge in [-0.2, -0.15) is 0 Å². The number of carbonyl (C=O) groups is 5. The number of guanidine groups is 1. The van der Waals surface area contributed by atoms with Crippen LogP contribution < -0.4 is 33.2 Å². The number of benzene rings is 1. The van der Waals surface area contributed by atoms with Crippen molar-refractivity contribution in [1.29, 1.82) is 0 Å². The summed E-state index contributed by atoms with van der Waals surface area (Å²) in [6, 6.07) is 0.189. The lowest BCUT2D eigenvalue weighted by atomic mass is 10.0. The number of phenols is 1. The molecule has 0 heterocycles. The van der Waals surface area contributed by atoms with Crippen LogP contribution in [0.3, 0.4) is 0 Å². The molecule has 0 aliphatic rings. The molecule has 4 unspecified atom stereocenters. The number of carboxylic acids is 2. The Hall–Kier alpha value is -4.44. The second-order valence-electron chi connectivity index (χ2n) is 8.23. The van der Waals surface area contributed by atoms with Crippen molar-refractivity contribution in [3.8, 4) is 5.75 Å². The summed E-state index contributed by atoms with van der Waals surface area (Å²) >= 11 is 0. The number of nitrogens with zero attached hydrogens (tertiary/aromatic N) is 1. The maximum absolute atomic E-state index is 12.9. The quantitative estimate of drug-likeness (QED) is 0.0552. The van der Waals surface area contributed by atoms with Crippen LogP contribution in [0.15, 0.2) is 29.3 Å². The van der Waals surface area contributed by atoms with Crippen molar-refractivity contribution in [2.75, 3.05) is 13.2 Å². The third-order valence-corrected chi connectivity index (χ3v) is 5.12. The van der Waals surface area contributed by atoms with Crippen molar-refractivity contribution in [3.05, 3.63) is 29.8 Å². The van der Waals surface area contributed by atoms with Crippen LogP contribution in [0.4, 0.5) is 0 Å². The van der Waals surface area contributed by atoms with Crippen molar-refractivity contribution in [1.82, 2.24) is 16.0 Å². The van der Waals surface area contributed by atoms with Crippen molar-refractivity contribution < 1.29 is 44.4 Å². The molecule has 0 aromatic heterocycles. The summed E-state index contributed by atoms with van der Waals surface area (Å²) in [7, 11) is 0. The molecular weight excluding hydrogens is 506 g/mol. The number of phenolic OH excluding ortho intramolecular Hbond substituents is 1. The van der Waals surface area contributed by atoms with Crippen LogP contribution in [-0.4, -0.2) is 93.4 Å². The van der Waals surface area contributed by atoms with Gasteiger partial charge in [0.2, 0.25) is 17.7 Å². The van der Waals surface area contributed by atoms with Gasteiger partial charge in [-0.3, -0.25) is 24.2 Å². The zero-order valence-corrected chi connectivity index (χ0v) is 20.4. The van der Waals surface area contributed by atoms with E-state index in [2.05, 4.69) is 15.6 Å². The third kappa shape index (κ3) is 11.5. The predicted octanol–water partition coefficient (Wildman–Crippen LogP) is -3.68. The molecule has 0 fully saturated rings. The molecule has 13 N–H and O–H groups in total. The van der Waals surface area contributed by atoms with Gasteiger partial charge in [0.25, 0.3) is 0 Å². The first kappa shape index (κ1) is 31.6. The number of hydrogen-bond donors (Lipinski definition) is 10. The average molecular weight is 540 g/mol. The lowest BCUT2D eigenvalue weighted by Gasteiger charge is -2.24. The Morgan fingerprint density at radius 2 is 1.42 bits per heavy atom. The van der Waals surface area contributed by atoms with Gasteiger partial charge in [0.15, 0.2) is 5.96 Å². The Morgan fingerprint density at radius 1 is 0.868 bits per heavy atom. The fourth-order valence-electron chi connectivity index (χ4n) is 3.14. The molecule has 1 aromatic carbocycles. The van der Waals surface area contributed by atoms with Crippen molar-refractivity contribution in [3.63, 3.8) is 0 Å². The van der Waals surface area contributed by atoms with E-state index in [1.165, 1.54) is 12.1 Å². The molecule has 210 valence electrons. The first-order chi connectivity index (χ1) is 17.8. The monoisotopic (exact) mass is 539 g/mol. The number of aliphatic hydroxyl groups is 1. The number of aromatic hydroxyl groups is 1. The van der Waals surface area contributed by atoms with Crippen molar-refractivity contribution in [2.45, 2.75) is 49.9 Å². The Balaban J connectivity index is 2.93. The third-order valence-electron chi connectivity index (χ3n) is 5.12. The van der Waals surface area contributed by atoms with Crippen molar-refractivity contribution >= 4 is 35.6 Å². The zero-order chi connectivity index (χ0) is 28.8. The van der Waals surface area contributed by atoms with Gasteiger partial charge in [0.1, 0.15) is 23.9 Å². The van der Waals surface area contributed by atoms with Crippen LogP contribution in [0.5, 0.6) is 5.75 Å². The smallest absolute Gasteiger partial charge is 0.326 e. The van der Waals surface area contributed by atoms with Gasteiger partial charge in [-0.25, -0.2) is 4.79 Å². The Morgan fingerprint density at radius 3 is 1.95 bits per heavy atom. The maximum atomic E-state index is 12.9. The summed E-state index contributed by atoms with van der Waals surface area (Å²) in [6.07, 6.45) is -0.637. The predicted molar refractivity (Wildman–Crippen MR) is 132 cm³/mol. The van der Waals surface area contributed by atoms with Crippen LogP contribution in [0.2, 0.25) is 0 Å². The molecule has 1 aromatic rings. The largest absolute Gasteiger partial charge is 0.508 e. The molecule has 0 spiro atoms. The second kappa shape index (κ2) is 15.6. The summed E-state index contributed by atoms with van der Waals surface area (Å²) < 4.78 is 0. The highest BCUT2D eigenvalue weighted by molar-refractivity contribution is 5.94. The van der Waals surface area contributed by atoms with Gasteiger partial charge in [-0.15, -0.1) is 0 Å². The molecule has 1 rings (SSSR count). The summed E-state index contributed by atoms with van der Waals surface area (Å²) in [5.41, 5.74) is 17.2. The van der Waals surface area contributed by atoms with E-state index in [0.717, 1.165) is 0 Å². The Labute approximate surface area is 217 Å². The van der Waals surface area contributed by atoms with E-state index in [1.807, 2.05) is 5.32 Å². The van der Waals surface area contributed by atoms with Crippen LogP contribution >= 0.6 is 0 Å². The van der Waals surface area contributed by atoms with Gasteiger partial charge < -0.3 is 53.6 Å². The molecule has 0 aliphatic heterocycles. The number of nitrogens with one attached hydrogen (secondary N) is 3. The van der Waals surface area contributed by atoms with Crippen LogP contribution in [0.1, 0.15) is 24.8 Å². The SMILES string of the molecule is NC(N)=NCCCC(NC(=O)C(N)Cc1ccc(O)cc1)C(=O)NC(CO)C(=O)NC(CC(=O)O)C(=O)O. The molecule has 4 atom stereocenters. The van der Waals surface area contributed by atoms with Gasteiger partial charge in [-0.1, -0.05) is 12.1 Å². The van der Waals surface area contributed by atoms with E-state index >= 15 is 0 Å². The fourth-order valence-corrected chi connectivity index (χ4v) is 3.14. The molecule has 0 saturated heterocycles.